The van der Waals surface area contributed by atoms with Crippen LogP contribution < -0.4 is 5.32 Å². The van der Waals surface area contributed by atoms with Gasteiger partial charge in [0, 0.05) is 12.3 Å². The molecule has 1 fully saturated rings. The highest BCUT2D eigenvalue weighted by molar-refractivity contribution is 8.13. The molecule has 1 N–H and O–H groups in total. The minimum absolute atomic E-state index is 0.0117. The minimum Gasteiger partial charge on any atom is -0.296 e. The van der Waals surface area contributed by atoms with Gasteiger partial charge in [-0.3, -0.25) is 19.7 Å². The molecule has 1 heterocycles. The molecule has 1 aliphatic rings. The molecule has 0 aliphatic carbocycles. The molecule has 2 unspecified atom stereocenters. The van der Waals surface area contributed by atoms with E-state index in [1.807, 2.05) is 6.92 Å². The van der Waals surface area contributed by atoms with E-state index in [1.54, 1.807) is 6.92 Å². The molecule has 0 aromatic carbocycles. The second kappa shape index (κ2) is 4.59. The summed E-state index contributed by atoms with van der Waals surface area (Å²) in [5.74, 6) is -0.722. The third kappa shape index (κ3) is 2.35. The summed E-state index contributed by atoms with van der Waals surface area (Å²) in [4.78, 5) is 33.6. The van der Waals surface area contributed by atoms with Crippen LogP contribution in [-0.4, -0.2) is 22.7 Å². The van der Waals surface area contributed by atoms with E-state index in [2.05, 4.69) is 5.32 Å². The number of imide groups is 1. The molecule has 1 saturated heterocycles. The van der Waals surface area contributed by atoms with Crippen molar-refractivity contribution in [1.82, 2.24) is 5.32 Å². The number of nitrogens with one attached hydrogen (secondary N) is 1. The maximum Gasteiger partial charge on any atom is 0.230 e. The average molecular weight is 215 g/mol. The molecule has 0 saturated carbocycles. The lowest BCUT2D eigenvalue weighted by Crippen LogP contribution is -2.27. The molecule has 1 rings (SSSR count). The monoisotopic (exact) mass is 215 g/mol. The quantitative estimate of drug-likeness (QED) is 0.699. The van der Waals surface area contributed by atoms with Gasteiger partial charge >= 0.3 is 0 Å². The molecule has 2 amide bonds. The second-order valence-corrected chi connectivity index (χ2v) is 4.53. The van der Waals surface area contributed by atoms with Gasteiger partial charge < -0.3 is 0 Å². The maximum absolute atomic E-state index is 11.5. The number of thioether (sulfide) groups is 1. The molecule has 4 nitrogen and oxygen atoms in total. The summed E-state index contributed by atoms with van der Waals surface area (Å²) in [5.41, 5.74) is 0. The normalized spacial score (nSPS) is 23.4. The zero-order chi connectivity index (χ0) is 10.7. The molecule has 1 aliphatic heterocycles. The molecule has 5 heteroatoms. The summed E-state index contributed by atoms with van der Waals surface area (Å²) in [7, 11) is 0. The van der Waals surface area contributed by atoms with Gasteiger partial charge in [0.15, 0.2) is 5.12 Å². The van der Waals surface area contributed by atoms with Gasteiger partial charge in [0.25, 0.3) is 0 Å². The Morgan fingerprint density at radius 3 is 2.71 bits per heavy atom. The molecule has 0 aromatic rings. The fraction of sp³-hybridized carbons (Fsp3) is 0.667. The predicted octanol–water partition coefficient (Wildman–Crippen LogP) is 0.565. The minimum atomic E-state index is -0.464. The average Bonchev–Trinajstić information content (AvgIpc) is 2.44. The van der Waals surface area contributed by atoms with E-state index >= 15 is 0 Å². The Morgan fingerprint density at radius 1 is 1.64 bits per heavy atom. The Morgan fingerprint density at radius 2 is 2.29 bits per heavy atom. The Hall–Kier alpha value is -0.840. The van der Waals surface area contributed by atoms with Crippen molar-refractivity contribution >= 4 is 28.7 Å². The first-order chi connectivity index (χ1) is 6.56. The first kappa shape index (κ1) is 11.2. The lowest BCUT2D eigenvalue weighted by atomic mass is 9.94. The van der Waals surface area contributed by atoms with Crippen LogP contribution in [0.4, 0.5) is 0 Å². The lowest BCUT2D eigenvalue weighted by molar-refractivity contribution is -0.128. The van der Waals surface area contributed by atoms with Crippen molar-refractivity contribution < 1.29 is 14.4 Å². The smallest absolute Gasteiger partial charge is 0.230 e. The number of hydrogen-bond donors (Lipinski definition) is 1. The number of hydrogen-bond acceptors (Lipinski definition) is 4. The van der Waals surface area contributed by atoms with Gasteiger partial charge in [-0.25, -0.2) is 0 Å². The van der Waals surface area contributed by atoms with Gasteiger partial charge in [-0.15, -0.1) is 0 Å². The van der Waals surface area contributed by atoms with Crippen LogP contribution in [0.1, 0.15) is 20.3 Å². The number of carbonyl (C=O) groups is 3. The van der Waals surface area contributed by atoms with E-state index in [0.29, 0.717) is 5.75 Å². The van der Waals surface area contributed by atoms with Crippen molar-refractivity contribution in [3.05, 3.63) is 0 Å². The van der Waals surface area contributed by atoms with Crippen molar-refractivity contribution in [3.63, 3.8) is 0 Å². The van der Waals surface area contributed by atoms with Crippen LogP contribution in [0, 0.1) is 11.8 Å². The molecule has 0 bridgehead atoms. The fourth-order valence-electron chi connectivity index (χ4n) is 1.42. The Kier molecular flexibility index (Phi) is 3.69. The molecular formula is C9H13NO3S. The number of amides is 2. The lowest BCUT2D eigenvalue weighted by Gasteiger charge is -2.13. The van der Waals surface area contributed by atoms with Gasteiger partial charge in [-0.05, 0) is 5.75 Å². The Balaban J connectivity index is 2.60. The van der Waals surface area contributed by atoms with Crippen LogP contribution in [0.25, 0.3) is 0 Å². The molecule has 14 heavy (non-hydrogen) atoms. The van der Waals surface area contributed by atoms with Gasteiger partial charge in [-0.1, -0.05) is 25.6 Å². The summed E-state index contributed by atoms with van der Waals surface area (Å²) >= 11 is 1.20. The van der Waals surface area contributed by atoms with Crippen molar-refractivity contribution in [2.24, 2.45) is 11.8 Å². The van der Waals surface area contributed by atoms with E-state index in [1.165, 1.54) is 11.8 Å². The summed E-state index contributed by atoms with van der Waals surface area (Å²) in [5, 5.41) is 2.19. The second-order valence-electron chi connectivity index (χ2n) is 3.26. The Bertz CT molecular complexity index is 277. The van der Waals surface area contributed by atoms with Gasteiger partial charge in [0.1, 0.15) is 0 Å². The molecule has 0 spiro atoms. The highest BCUT2D eigenvalue weighted by Crippen LogP contribution is 2.25. The fourth-order valence-corrected chi connectivity index (χ4v) is 2.13. The molecule has 78 valence electrons. The van der Waals surface area contributed by atoms with Crippen molar-refractivity contribution in [2.45, 2.75) is 20.3 Å². The van der Waals surface area contributed by atoms with Crippen LogP contribution in [0.3, 0.4) is 0 Å². The summed E-state index contributed by atoms with van der Waals surface area (Å²) < 4.78 is 0. The first-order valence-corrected chi connectivity index (χ1v) is 5.55. The van der Waals surface area contributed by atoms with Crippen molar-refractivity contribution in [1.29, 1.82) is 0 Å². The third-order valence-electron chi connectivity index (χ3n) is 2.27. The van der Waals surface area contributed by atoms with E-state index in [-0.39, 0.29) is 29.3 Å². The molecule has 0 radical (unpaired) electrons. The van der Waals surface area contributed by atoms with Crippen LogP contribution in [0.15, 0.2) is 0 Å². The van der Waals surface area contributed by atoms with E-state index in [4.69, 9.17) is 0 Å². The summed E-state index contributed by atoms with van der Waals surface area (Å²) in [6.45, 7) is 3.59. The standard InChI is InChI=1S/C9H13NO3S/c1-3-14-9(13)5(2)6-4-7(11)10-8(6)12/h5-6H,3-4H2,1-2H3,(H,10,11,12). The number of carbonyl (C=O) groups excluding carboxylic acids is 3. The molecule has 2 atom stereocenters. The van der Waals surface area contributed by atoms with Crippen LogP contribution in [0.2, 0.25) is 0 Å². The van der Waals surface area contributed by atoms with Crippen LogP contribution in [-0.2, 0) is 14.4 Å². The SMILES string of the molecule is CCSC(=O)C(C)C1CC(=O)NC1=O. The molecular weight excluding hydrogens is 202 g/mol. The van der Waals surface area contributed by atoms with E-state index < -0.39 is 5.92 Å². The Labute approximate surface area is 86.8 Å². The largest absolute Gasteiger partial charge is 0.296 e. The van der Waals surface area contributed by atoms with Gasteiger partial charge in [0.2, 0.25) is 11.8 Å². The van der Waals surface area contributed by atoms with E-state index in [9.17, 15) is 14.4 Å². The topological polar surface area (TPSA) is 63.2 Å². The molecule has 0 aromatic heterocycles. The highest BCUT2D eigenvalue weighted by atomic mass is 32.2. The summed E-state index contributed by atoms with van der Waals surface area (Å²) in [6, 6.07) is 0. The van der Waals surface area contributed by atoms with Crippen molar-refractivity contribution in [3.8, 4) is 0 Å². The van der Waals surface area contributed by atoms with Crippen molar-refractivity contribution in [2.75, 3.05) is 5.75 Å². The van der Waals surface area contributed by atoms with Gasteiger partial charge in [0.05, 0.1) is 5.92 Å². The third-order valence-corrected chi connectivity index (χ3v) is 3.21. The zero-order valence-corrected chi connectivity index (χ0v) is 9.02. The van der Waals surface area contributed by atoms with Crippen LogP contribution in [0.5, 0.6) is 0 Å². The van der Waals surface area contributed by atoms with Gasteiger partial charge in [-0.2, -0.15) is 0 Å². The first-order valence-electron chi connectivity index (χ1n) is 4.56. The summed E-state index contributed by atoms with van der Waals surface area (Å²) in [6.07, 6.45) is 0.149. The van der Waals surface area contributed by atoms with Crippen LogP contribution >= 0.6 is 11.8 Å². The van der Waals surface area contributed by atoms with E-state index in [0.717, 1.165) is 0 Å². The highest BCUT2D eigenvalue weighted by Gasteiger charge is 2.37. The zero-order valence-electron chi connectivity index (χ0n) is 8.20. The predicted molar refractivity (Wildman–Crippen MR) is 53.6 cm³/mol. The number of rotatable bonds is 3. The maximum atomic E-state index is 11.5.